The summed E-state index contributed by atoms with van der Waals surface area (Å²) in [7, 11) is 0. The Morgan fingerprint density at radius 3 is 2.67 bits per heavy atom. The predicted molar refractivity (Wildman–Crippen MR) is 87.7 cm³/mol. The Bertz CT molecular complexity index is 402. The summed E-state index contributed by atoms with van der Waals surface area (Å²) in [6.45, 7) is 8.52. The van der Waals surface area contributed by atoms with E-state index in [0.29, 0.717) is 11.8 Å². The Hall–Kier alpha value is -0.750. The summed E-state index contributed by atoms with van der Waals surface area (Å²) in [5.74, 6) is 0.932. The van der Waals surface area contributed by atoms with Crippen LogP contribution in [0.2, 0.25) is 0 Å². The summed E-state index contributed by atoms with van der Waals surface area (Å²) in [5, 5.41) is 4.91. The molecule has 0 bridgehead atoms. The molecule has 0 spiro atoms. The number of piperazine rings is 1. The molecule has 0 aromatic carbocycles. The van der Waals surface area contributed by atoms with Crippen molar-refractivity contribution >= 4 is 22.8 Å². The number of amides is 1. The molecule has 0 aromatic heterocycles. The number of amidine groups is 1. The molecule has 1 saturated carbocycles. The number of carbonyl (C=O) groups excluding carboxylic acids is 1. The fraction of sp³-hybridized carbons (Fsp3) is 0.867. The minimum atomic E-state index is 0.191. The van der Waals surface area contributed by atoms with Crippen molar-refractivity contribution in [3.63, 3.8) is 0 Å². The van der Waals surface area contributed by atoms with Crippen LogP contribution < -0.4 is 5.32 Å². The molecule has 21 heavy (non-hydrogen) atoms. The van der Waals surface area contributed by atoms with E-state index >= 15 is 0 Å². The van der Waals surface area contributed by atoms with Crippen LogP contribution in [0.3, 0.4) is 0 Å². The molecule has 2 fully saturated rings. The predicted octanol–water partition coefficient (Wildman–Crippen LogP) is 1.01. The van der Waals surface area contributed by atoms with E-state index in [-0.39, 0.29) is 5.91 Å². The Labute approximate surface area is 131 Å². The van der Waals surface area contributed by atoms with Gasteiger partial charge in [0, 0.05) is 38.0 Å². The lowest BCUT2D eigenvalue weighted by atomic mass is 9.85. The smallest absolute Gasteiger partial charge is 0.234 e. The fourth-order valence-corrected chi connectivity index (χ4v) is 3.94. The van der Waals surface area contributed by atoms with E-state index in [2.05, 4.69) is 27.0 Å². The van der Waals surface area contributed by atoms with Crippen LogP contribution in [0.1, 0.15) is 26.2 Å². The van der Waals surface area contributed by atoms with Gasteiger partial charge < -0.3 is 10.2 Å². The summed E-state index contributed by atoms with van der Waals surface area (Å²) in [5.41, 5.74) is 0. The van der Waals surface area contributed by atoms with Crippen LogP contribution in [0.5, 0.6) is 0 Å². The molecule has 0 unspecified atom stereocenters. The van der Waals surface area contributed by atoms with Crippen LogP contribution in [0.4, 0.5) is 0 Å². The minimum Gasteiger partial charge on any atom is -0.355 e. The van der Waals surface area contributed by atoms with Crippen LogP contribution >= 0.6 is 11.8 Å². The lowest BCUT2D eigenvalue weighted by Crippen LogP contribution is -2.50. The molecule has 1 atom stereocenters. The minimum absolute atomic E-state index is 0.191. The molecule has 1 N–H and O–H groups in total. The summed E-state index contributed by atoms with van der Waals surface area (Å²) in [6.07, 6.45) is 3.91. The van der Waals surface area contributed by atoms with Gasteiger partial charge in [0.15, 0.2) is 5.17 Å². The molecular weight excluding hydrogens is 284 g/mol. The first-order chi connectivity index (χ1) is 10.2. The SMILES string of the molecule is C[C@@H]1CN=C(N2CCN(CC(=O)NCC3CCC3)CC2)S1. The van der Waals surface area contributed by atoms with Crippen molar-refractivity contribution in [3.05, 3.63) is 0 Å². The van der Waals surface area contributed by atoms with E-state index in [9.17, 15) is 4.79 Å². The first kappa shape index (κ1) is 15.2. The normalized spacial score (nSPS) is 27.4. The average Bonchev–Trinajstić information content (AvgIpc) is 2.84. The number of hydrogen-bond donors (Lipinski definition) is 1. The average molecular weight is 310 g/mol. The Morgan fingerprint density at radius 2 is 2.10 bits per heavy atom. The third kappa shape index (κ3) is 4.13. The van der Waals surface area contributed by atoms with Gasteiger partial charge in [0.2, 0.25) is 5.91 Å². The van der Waals surface area contributed by atoms with E-state index in [1.54, 1.807) is 0 Å². The number of carbonyl (C=O) groups is 1. The van der Waals surface area contributed by atoms with Gasteiger partial charge in [-0.15, -0.1) is 0 Å². The molecule has 1 amide bonds. The van der Waals surface area contributed by atoms with Gasteiger partial charge in [-0.25, -0.2) is 0 Å². The van der Waals surface area contributed by atoms with Gasteiger partial charge in [-0.3, -0.25) is 14.7 Å². The number of rotatable bonds is 4. The highest BCUT2D eigenvalue weighted by atomic mass is 32.2. The molecule has 2 heterocycles. The molecule has 0 radical (unpaired) electrons. The van der Waals surface area contributed by atoms with Crippen LogP contribution in [-0.4, -0.2) is 71.9 Å². The Balaban J connectivity index is 1.34. The van der Waals surface area contributed by atoms with E-state index < -0.39 is 0 Å². The third-order valence-corrected chi connectivity index (χ3v) is 5.76. The maximum Gasteiger partial charge on any atom is 0.234 e. The summed E-state index contributed by atoms with van der Waals surface area (Å²) >= 11 is 1.89. The van der Waals surface area contributed by atoms with E-state index in [1.807, 2.05) is 11.8 Å². The molecule has 3 rings (SSSR count). The third-order valence-electron chi connectivity index (χ3n) is 4.61. The summed E-state index contributed by atoms with van der Waals surface area (Å²) < 4.78 is 0. The van der Waals surface area contributed by atoms with Gasteiger partial charge in [0.25, 0.3) is 0 Å². The number of thioether (sulfide) groups is 1. The highest BCUT2D eigenvalue weighted by molar-refractivity contribution is 8.14. The van der Waals surface area contributed by atoms with Crippen LogP contribution in [0.25, 0.3) is 0 Å². The Morgan fingerprint density at radius 1 is 1.33 bits per heavy atom. The quantitative estimate of drug-likeness (QED) is 0.842. The van der Waals surface area contributed by atoms with Crippen molar-refractivity contribution in [2.45, 2.75) is 31.4 Å². The lowest BCUT2D eigenvalue weighted by molar-refractivity contribution is -0.122. The first-order valence-electron chi connectivity index (χ1n) is 8.16. The van der Waals surface area contributed by atoms with Gasteiger partial charge in [-0.05, 0) is 18.8 Å². The number of aliphatic imine (C=N–C) groups is 1. The van der Waals surface area contributed by atoms with E-state index in [1.165, 1.54) is 24.4 Å². The van der Waals surface area contributed by atoms with Crippen LogP contribution in [-0.2, 0) is 4.79 Å². The molecule has 118 valence electrons. The van der Waals surface area contributed by atoms with Gasteiger partial charge in [-0.1, -0.05) is 25.1 Å². The maximum atomic E-state index is 11.9. The van der Waals surface area contributed by atoms with Crippen molar-refractivity contribution in [2.75, 3.05) is 45.8 Å². The molecule has 1 saturated heterocycles. The zero-order valence-corrected chi connectivity index (χ0v) is 13.7. The van der Waals surface area contributed by atoms with Gasteiger partial charge in [0.1, 0.15) is 0 Å². The number of nitrogens with zero attached hydrogens (tertiary/aromatic N) is 3. The van der Waals surface area contributed by atoms with Gasteiger partial charge in [0.05, 0.1) is 13.1 Å². The lowest BCUT2D eigenvalue weighted by Gasteiger charge is -2.35. The topological polar surface area (TPSA) is 47.9 Å². The molecule has 0 aromatic rings. The second kappa shape index (κ2) is 7.01. The second-order valence-corrected chi connectivity index (χ2v) is 7.82. The monoisotopic (exact) mass is 310 g/mol. The summed E-state index contributed by atoms with van der Waals surface area (Å²) in [4.78, 5) is 21.2. The van der Waals surface area contributed by atoms with Crippen LogP contribution in [0, 0.1) is 5.92 Å². The second-order valence-electron chi connectivity index (χ2n) is 6.42. The Kier molecular flexibility index (Phi) is 5.06. The van der Waals surface area contributed by atoms with Gasteiger partial charge in [-0.2, -0.15) is 0 Å². The van der Waals surface area contributed by atoms with E-state index in [4.69, 9.17) is 0 Å². The standard InChI is InChI=1S/C15H26N4OS/c1-12-9-17-15(21-12)19-7-5-18(6-8-19)11-14(20)16-10-13-3-2-4-13/h12-13H,2-11H2,1H3,(H,16,20)/t12-/m1/s1. The van der Waals surface area contributed by atoms with Crippen molar-refractivity contribution in [2.24, 2.45) is 10.9 Å². The van der Waals surface area contributed by atoms with E-state index in [0.717, 1.165) is 45.2 Å². The molecule has 2 aliphatic heterocycles. The number of nitrogens with one attached hydrogen (secondary N) is 1. The number of hydrogen-bond acceptors (Lipinski definition) is 5. The highest BCUT2D eigenvalue weighted by Gasteiger charge is 2.25. The fourth-order valence-electron chi connectivity index (χ4n) is 2.95. The zero-order valence-electron chi connectivity index (χ0n) is 12.9. The molecule has 1 aliphatic carbocycles. The molecule has 5 nitrogen and oxygen atoms in total. The molecule has 6 heteroatoms. The molecular formula is C15H26N4OS. The van der Waals surface area contributed by atoms with Crippen molar-refractivity contribution in [1.82, 2.24) is 15.1 Å². The summed E-state index contributed by atoms with van der Waals surface area (Å²) in [6, 6.07) is 0. The van der Waals surface area contributed by atoms with Crippen molar-refractivity contribution in [3.8, 4) is 0 Å². The largest absolute Gasteiger partial charge is 0.355 e. The highest BCUT2D eigenvalue weighted by Crippen LogP contribution is 2.25. The van der Waals surface area contributed by atoms with Crippen molar-refractivity contribution in [1.29, 1.82) is 0 Å². The van der Waals surface area contributed by atoms with Crippen molar-refractivity contribution < 1.29 is 4.79 Å². The first-order valence-corrected chi connectivity index (χ1v) is 9.04. The maximum absolute atomic E-state index is 11.9. The van der Waals surface area contributed by atoms with Crippen LogP contribution in [0.15, 0.2) is 4.99 Å². The zero-order chi connectivity index (χ0) is 14.7. The molecule has 3 aliphatic rings. The van der Waals surface area contributed by atoms with Gasteiger partial charge >= 0.3 is 0 Å².